The molecule has 0 heterocycles. The molecule has 0 atom stereocenters. The van der Waals surface area contributed by atoms with Crippen molar-refractivity contribution in [3.63, 3.8) is 0 Å². The SMILES string of the molecule is CCCCCC1CCC(C=CC#CC2CCC(COc3ccc(OCCC)cc3)CC2)CC1. The summed E-state index contributed by atoms with van der Waals surface area (Å²) in [5.41, 5.74) is 0. The highest BCUT2D eigenvalue weighted by atomic mass is 16.5. The van der Waals surface area contributed by atoms with Gasteiger partial charge in [0.05, 0.1) is 13.2 Å². The molecule has 2 heteroatoms. The van der Waals surface area contributed by atoms with Crippen molar-refractivity contribution >= 4 is 0 Å². The van der Waals surface area contributed by atoms with E-state index in [0.717, 1.165) is 43.0 Å². The molecule has 1 aromatic carbocycles. The molecule has 0 spiro atoms. The van der Waals surface area contributed by atoms with Gasteiger partial charge in [0.25, 0.3) is 0 Å². The summed E-state index contributed by atoms with van der Waals surface area (Å²) in [6, 6.07) is 8.05. The quantitative estimate of drug-likeness (QED) is 0.248. The molecular weight excluding hydrogens is 404 g/mol. The number of allylic oxidation sites excluding steroid dienone is 2. The van der Waals surface area contributed by atoms with Crippen LogP contribution in [0, 0.1) is 35.5 Å². The van der Waals surface area contributed by atoms with E-state index in [1.165, 1.54) is 77.0 Å². The Balaban J connectivity index is 1.28. The van der Waals surface area contributed by atoms with Gasteiger partial charge in [-0.25, -0.2) is 0 Å². The van der Waals surface area contributed by atoms with Gasteiger partial charge < -0.3 is 9.47 Å². The second kappa shape index (κ2) is 15.1. The van der Waals surface area contributed by atoms with Crippen LogP contribution in [-0.4, -0.2) is 13.2 Å². The fourth-order valence-corrected chi connectivity index (χ4v) is 5.24. The van der Waals surface area contributed by atoms with Crippen molar-refractivity contribution in [2.45, 2.75) is 97.3 Å². The molecule has 0 saturated heterocycles. The third-order valence-electron chi connectivity index (χ3n) is 7.48. The summed E-state index contributed by atoms with van der Waals surface area (Å²) in [6.45, 7) is 6.00. The zero-order chi connectivity index (χ0) is 23.1. The molecule has 33 heavy (non-hydrogen) atoms. The van der Waals surface area contributed by atoms with Gasteiger partial charge in [-0.2, -0.15) is 0 Å². The number of hydrogen-bond donors (Lipinski definition) is 0. The highest BCUT2D eigenvalue weighted by Crippen LogP contribution is 2.33. The lowest BCUT2D eigenvalue weighted by molar-refractivity contribution is 0.196. The van der Waals surface area contributed by atoms with Crippen LogP contribution in [0.4, 0.5) is 0 Å². The molecular formula is C31H46O2. The van der Waals surface area contributed by atoms with E-state index in [9.17, 15) is 0 Å². The maximum atomic E-state index is 6.04. The molecule has 0 aliphatic heterocycles. The third-order valence-corrected chi connectivity index (χ3v) is 7.48. The Bertz CT molecular complexity index is 722. The first-order valence-corrected chi connectivity index (χ1v) is 13.8. The van der Waals surface area contributed by atoms with Crippen LogP contribution in [0.15, 0.2) is 36.4 Å². The van der Waals surface area contributed by atoms with E-state index in [4.69, 9.17) is 9.47 Å². The molecule has 3 rings (SSSR count). The number of rotatable bonds is 11. The number of unbranched alkanes of at least 4 members (excludes halogenated alkanes) is 2. The highest BCUT2D eigenvalue weighted by Gasteiger charge is 2.21. The maximum Gasteiger partial charge on any atom is 0.119 e. The summed E-state index contributed by atoms with van der Waals surface area (Å²) >= 11 is 0. The summed E-state index contributed by atoms with van der Waals surface area (Å²) in [5.74, 6) is 11.7. The third kappa shape index (κ3) is 9.87. The van der Waals surface area contributed by atoms with Crippen LogP contribution >= 0.6 is 0 Å². The van der Waals surface area contributed by atoms with Crippen molar-refractivity contribution in [2.75, 3.05) is 13.2 Å². The Hall–Kier alpha value is -1.88. The van der Waals surface area contributed by atoms with Crippen molar-refractivity contribution in [1.29, 1.82) is 0 Å². The summed E-state index contributed by atoms with van der Waals surface area (Å²) in [5, 5.41) is 0. The van der Waals surface area contributed by atoms with Gasteiger partial charge in [0, 0.05) is 5.92 Å². The zero-order valence-corrected chi connectivity index (χ0v) is 21.2. The average Bonchev–Trinajstić information content (AvgIpc) is 2.86. The van der Waals surface area contributed by atoms with Crippen molar-refractivity contribution in [2.24, 2.45) is 23.7 Å². The Kier molecular flexibility index (Phi) is 11.8. The lowest BCUT2D eigenvalue weighted by Crippen LogP contribution is -2.19. The molecule has 0 amide bonds. The van der Waals surface area contributed by atoms with Crippen molar-refractivity contribution in [3.8, 4) is 23.3 Å². The van der Waals surface area contributed by atoms with Crippen molar-refractivity contribution in [1.82, 2.24) is 0 Å². The Morgan fingerprint density at radius 3 is 2.12 bits per heavy atom. The normalized spacial score (nSPS) is 25.4. The van der Waals surface area contributed by atoms with Crippen molar-refractivity contribution < 1.29 is 9.47 Å². The van der Waals surface area contributed by atoms with E-state index < -0.39 is 0 Å². The Morgan fingerprint density at radius 2 is 1.45 bits per heavy atom. The molecule has 2 saturated carbocycles. The minimum absolute atomic E-state index is 0.565. The van der Waals surface area contributed by atoms with E-state index >= 15 is 0 Å². The topological polar surface area (TPSA) is 18.5 Å². The van der Waals surface area contributed by atoms with Gasteiger partial charge >= 0.3 is 0 Å². The maximum absolute atomic E-state index is 6.04. The average molecular weight is 451 g/mol. The van der Waals surface area contributed by atoms with Gasteiger partial charge in [-0.3, -0.25) is 0 Å². The molecule has 0 aromatic heterocycles. The largest absolute Gasteiger partial charge is 0.494 e. The molecule has 2 aliphatic rings. The lowest BCUT2D eigenvalue weighted by atomic mass is 9.79. The minimum Gasteiger partial charge on any atom is -0.494 e. The molecule has 1 aromatic rings. The van der Waals surface area contributed by atoms with Crippen LogP contribution < -0.4 is 9.47 Å². The highest BCUT2D eigenvalue weighted by molar-refractivity contribution is 5.31. The zero-order valence-electron chi connectivity index (χ0n) is 21.2. The van der Waals surface area contributed by atoms with Gasteiger partial charge in [0.15, 0.2) is 0 Å². The van der Waals surface area contributed by atoms with Gasteiger partial charge in [-0.15, -0.1) is 0 Å². The van der Waals surface area contributed by atoms with Gasteiger partial charge in [0.2, 0.25) is 0 Å². The number of benzene rings is 1. The summed E-state index contributed by atoms with van der Waals surface area (Å²) in [6.07, 6.45) is 21.7. The predicted octanol–water partition coefficient (Wildman–Crippen LogP) is 8.61. The van der Waals surface area contributed by atoms with E-state index in [1.54, 1.807) is 0 Å². The smallest absolute Gasteiger partial charge is 0.119 e. The van der Waals surface area contributed by atoms with Crippen LogP contribution in [-0.2, 0) is 0 Å². The fourth-order valence-electron chi connectivity index (χ4n) is 5.24. The van der Waals surface area contributed by atoms with Crippen LogP contribution in [0.3, 0.4) is 0 Å². The second-order valence-electron chi connectivity index (χ2n) is 10.3. The van der Waals surface area contributed by atoms with Crippen LogP contribution in [0.1, 0.15) is 97.3 Å². The lowest BCUT2D eigenvalue weighted by Gasteiger charge is -2.26. The van der Waals surface area contributed by atoms with Gasteiger partial charge in [-0.05, 0) is 106 Å². The molecule has 2 fully saturated rings. The van der Waals surface area contributed by atoms with Crippen LogP contribution in [0.5, 0.6) is 11.5 Å². The number of hydrogen-bond acceptors (Lipinski definition) is 2. The van der Waals surface area contributed by atoms with Crippen LogP contribution in [0.25, 0.3) is 0 Å². The van der Waals surface area contributed by atoms with E-state index in [1.807, 2.05) is 24.3 Å². The van der Waals surface area contributed by atoms with Gasteiger partial charge in [0.1, 0.15) is 11.5 Å². The Labute approximate surface area is 203 Å². The fraction of sp³-hybridized carbons (Fsp3) is 0.677. The Morgan fingerprint density at radius 1 is 0.788 bits per heavy atom. The molecule has 182 valence electrons. The summed E-state index contributed by atoms with van der Waals surface area (Å²) in [7, 11) is 0. The molecule has 0 N–H and O–H groups in total. The molecule has 0 radical (unpaired) electrons. The molecule has 0 unspecified atom stereocenters. The van der Waals surface area contributed by atoms with E-state index in [2.05, 4.69) is 37.8 Å². The van der Waals surface area contributed by atoms with E-state index in [-0.39, 0.29) is 0 Å². The first kappa shape index (κ1) is 25.7. The number of ether oxygens (including phenoxy) is 2. The van der Waals surface area contributed by atoms with Crippen molar-refractivity contribution in [3.05, 3.63) is 36.4 Å². The molecule has 0 bridgehead atoms. The standard InChI is InChI=1S/C31H46O2/c1-3-5-6-9-26-12-14-27(15-13-26)10-7-8-11-28-16-18-29(19-17-28)25-33-31-22-20-30(21-23-31)32-24-4-2/h7,10,20-23,26-29H,3-6,9,12-19,24-25H2,1-2H3. The summed E-state index contributed by atoms with van der Waals surface area (Å²) < 4.78 is 11.7. The minimum atomic E-state index is 0.565. The first-order valence-electron chi connectivity index (χ1n) is 13.8. The molecule has 2 aliphatic carbocycles. The predicted molar refractivity (Wildman–Crippen MR) is 140 cm³/mol. The first-order chi connectivity index (χ1) is 16.3. The second-order valence-corrected chi connectivity index (χ2v) is 10.3. The van der Waals surface area contributed by atoms with Gasteiger partial charge in [-0.1, -0.05) is 57.4 Å². The monoisotopic (exact) mass is 450 g/mol. The molecule has 2 nitrogen and oxygen atoms in total. The summed E-state index contributed by atoms with van der Waals surface area (Å²) in [4.78, 5) is 0. The van der Waals surface area contributed by atoms with E-state index in [0.29, 0.717) is 11.8 Å². The van der Waals surface area contributed by atoms with Crippen LogP contribution in [0.2, 0.25) is 0 Å².